The van der Waals surface area contributed by atoms with Crippen LogP contribution in [0.5, 0.6) is 0 Å². The molecule has 140 valence electrons. The number of fused-ring (bicyclic) bond motifs is 1. The second-order valence-electron chi connectivity index (χ2n) is 6.76. The first-order chi connectivity index (χ1) is 12.4. The second-order valence-corrected chi connectivity index (χ2v) is 6.76. The Balaban J connectivity index is 0.000000431. The molecule has 1 aromatic carbocycles. The van der Waals surface area contributed by atoms with Crippen LogP contribution in [0.4, 0.5) is 4.39 Å². The maximum atomic E-state index is 13.5. The van der Waals surface area contributed by atoms with Crippen molar-refractivity contribution in [1.29, 1.82) is 5.41 Å². The number of aromatic nitrogens is 1. The van der Waals surface area contributed by atoms with Crippen molar-refractivity contribution in [2.75, 3.05) is 0 Å². The van der Waals surface area contributed by atoms with Gasteiger partial charge in [-0.1, -0.05) is 6.92 Å². The molecule has 1 heterocycles. The van der Waals surface area contributed by atoms with Crippen LogP contribution in [0, 0.1) is 17.1 Å². The van der Waals surface area contributed by atoms with E-state index in [1.165, 1.54) is 6.07 Å². The molecule has 0 bridgehead atoms. The summed E-state index contributed by atoms with van der Waals surface area (Å²) in [7, 11) is 0. The van der Waals surface area contributed by atoms with Crippen LogP contribution < -0.4 is 5.73 Å². The number of benzene rings is 1. The number of nitrogens with one attached hydrogen (secondary N) is 1. The van der Waals surface area contributed by atoms with Gasteiger partial charge >= 0.3 is 5.97 Å². The third-order valence-electron chi connectivity index (χ3n) is 4.87. The second kappa shape index (κ2) is 9.27. The minimum atomic E-state index is -0.713. The van der Waals surface area contributed by atoms with E-state index in [0.717, 1.165) is 42.1 Å². The minimum Gasteiger partial charge on any atom is -0.481 e. The van der Waals surface area contributed by atoms with Gasteiger partial charge in [0.05, 0.1) is 11.4 Å². The van der Waals surface area contributed by atoms with Crippen LogP contribution in [-0.2, 0) is 4.79 Å². The Morgan fingerprint density at radius 3 is 2.54 bits per heavy atom. The molecule has 5 nitrogen and oxygen atoms in total. The Morgan fingerprint density at radius 2 is 1.96 bits per heavy atom. The summed E-state index contributed by atoms with van der Waals surface area (Å²) >= 11 is 0. The third kappa shape index (κ3) is 5.51. The molecule has 1 aromatic heterocycles. The Labute approximate surface area is 152 Å². The molecular weight excluding hydrogens is 333 g/mol. The van der Waals surface area contributed by atoms with Gasteiger partial charge in [0, 0.05) is 24.4 Å². The number of nitrogens with two attached hydrogens (primary N) is 1. The van der Waals surface area contributed by atoms with E-state index in [0.29, 0.717) is 12.3 Å². The Bertz CT molecular complexity index is 771. The number of carboxylic acid groups (broad SMARTS) is 1. The molecule has 0 unspecified atom stereocenters. The van der Waals surface area contributed by atoms with E-state index in [1.54, 1.807) is 18.3 Å². The van der Waals surface area contributed by atoms with Gasteiger partial charge < -0.3 is 10.8 Å². The summed E-state index contributed by atoms with van der Waals surface area (Å²) < 4.78 is 13.5. The number of carbonyl (C=O) groups is 1. The number of carboxylic acids is 1. The summed E-state index contributed by atoms with van der Waals surface area (Å²) in [6.45, 7) is 1.85. The predicted octanol–water partition coefficient (Wildman–Crippen LogP) is 4.45. The van der Waals surface area contributed by atoms with Gasteiger partial charge in [-0.15, -0.1) is 0 Å². The van der Waals surface area contributed by atoms with E-state index < -0.39 is 5.97 Å². The number of pyridine rings is 1. The van der Waals surface area contributed by atoms with Crippen LogP contribution in [0.15, 0.2) is 30.5 Å². The van der Waals surface area contributed by atoms with Gasteiger partial charge in [0.25, 0.3) is 0 Å². The van der Waals surface area contributed by atoms with Crippen molar-refractivity contribution in [2.24, 2.45) is 11.7 Å². The molecule has 1 saturated carbocycles. The van der Waals surface area contributed by atoms with Gasteiger partial charge in [0.1, 0.15) is 5.82 Å². The van der Waals surface area contributed by atoms with Crippen molar-refractivity contribution in [3.8, 4) is 0 Å². The topological polar surface area (TPSA) is 100 Å². The van der Waals surface area contributed by atoms with Gasteiger partial charge in [0.15, 0.2) is 0 Å². The molecule has 4 N–H and O–H groups in total. The smallest absolute Gasteiger partial charge is 0.303 e. The lowest BCUT2D eigenvalue weighted by Crippen LogP contribution is -2.16. The van der Waals surface area contributed by atoms with E-state index in [2.05, 4.69) is 4.98 Å². The van der Waals surface area contributed by atoms with Crippen molar-refractivity contribution in [1.82, 2.24) is 4.98 Å². The molecule has 2 aromatic rings. The van der Waals surface area contributed by atoms with E-state index in [-0.39, 0.29) is 24.0 Å². The zero-order valence-electron chi connectivity index (χ0n) is 15.0. The first kappa shape index (κ1) is 19.8. The average molecular weight is 359 g/mol. The lowest BCUT2D eigenvalue weighted by molar-refractivity contribution is -0.138. The molecule has 0 atom stereocenters. The monoisotopic (exact) mass is 359 g/mol. The van der Waals surface area contributed by atoms with Gasteiger partial charge in [-0.2, -0.15) is 0 Å². The SMILES string of the molecule is CCC(=N)N.O=C(O)CC1CCC(c2ccnc3ccc(F)cc23)CC1. The number of hydrogen-bond donors (Lipinski definition) is 3. The van der Waals surface area contributed by atoms with Crippen LogP contribution in [0.1, 0.15) is 56.9 Å². The van der Waals surface area contributed by atoms with Crippen molar-refractivity contribution in [3.63, 3.8) is 0 Å². The molecule has 1 fully saturated rings. The van der Waals surface area contributed by atoms with E-state index in [1.807, 2.05) is 13.0 Å². The molecule has 0 aliphatic heterocycles. The summed E-state index contributed by atoms with van der Waals surface area (Å²) in [6, 6.07) is 6.68. The van der Waals surface area contributed by atoms with Crippen LogP contribution >= 0.6 is 0 Å². The number of aliphatic carboxylic acids is 1. The highest BCUT2D eigenvalue weighted by atomic mass is 19.1. The maximum Gasteiger partial charge on any atom is 0.303 e. The molecule has 3 rings (SSSR count). The van der Waals surface area contributed by atoms with Crippen LogP contribution in [0.3, 0.4) is 0 Å². The average Bonchev–Trinajstić information content (AvgIpc) is 2.62. The third-order valence-corrected chi connectivity index (χ3v) is 4.87. The molecular formula is C20H26FN3O2. The zero-order valence-corrected chi connectivity index (χ0v) is 15.0. The highest BCUT2D eigenvalue weighted by Gasteiger charge is 2.25. The summed E-state index contributed by atoms with van der Waals surface area (Å²) in [6.07, 6.45) is 6.49. The fraction of sp³-hybridized carbons (Fsp3) is 0.450. The number of nitrogens with zero attached hydrogens (tertiary/aromatic N) is 1. The summed E-state index contributed by atoms with van der Waals surface area (Å²) in [5, 5.41) is 16.3. The molecule has 0 spiro atoms. The number of amidine groups is 1. The van der Waals surface area contributed by atoms with Crippen LogP contribution in [0.2, 0.25) is 0 Å². The largest absolute Gasteiger partial charge is 0.481 e. The van der Waals surface area contributed by atoms with E-state index >= 15 is 0 Å². The highest BCUT2D eigenvalue weighted by molar-refractivity contribution is 5.82. The Kier molecular flexibility index (Phi) is 7.06. The van der Waals surface area contributed by atoms with Crippen molar-refractivity contribution < 1.29 is 14.3 Å². The normalized spacial score (nSPS) is 19.5. The van der Waals surface area contributed by atoms with E-state index in [9.17, 15) is 9.18 Å². The standard InChI is InChI=1S/C17H18FNO2.C3H8N2/c18-13-5-6-16-15(10-13)14(7-8-19-16)12-3-1-11(2-4-12)9-17(20)21;1-2-3(4)5/h5-8,10-12H,1-4,9H2,(H,20,21);2H2,1H3,(H3,4,5). The van der Waals surface area contributed by atoms with Crippen LogP contribution in [-0.4, -0.2) is 21.9 Å². The zero-order chi connectivity index (χ0) is 19.1. The van der Waals surface area contributed by atoms with E-state index in [4.69, 9.17) is 16.2 Å². The molecule has 6 heteroatoms. The van der Waals surface area contributed by atoms with Gasteiger partial charge in [-0.3, -0.25) is 15.2 Å². The van der Waals surface area contributed by atoms with Gasteiger partial charge in [-0.05, 0) is 67.3 Å². The highest BCUT2D eigenvalue weighted by Crippen LogP contribution is 2.39. The number of hydrogen-bond acceptors (Lipinski definition) is 3. The lowest BCUT2D eigenvalue weighted by Gasteiger charge is -2.28. The molecule has 1 aliphatic carbocycles. The van der Waals surface area contributed by atoms with Crippen LogP contribution in [0.25, 0.3) is 10.9 Å². The fourth-order valence-corrected chi connectivity index (χ4v) is 3.42. The molecule has 0 amide bonds. The number of halogens is 1. The Hall–Kier alpha value is -2.50. The number of rotatable bonds is 4. The molecule has 0 radical (unpaired) electrons. The lowest BCUT2D eigenvalue weighted by atomic mass is 9.77. The van der Waals surface area contributed by atoms with Crippen molar-refractivity contribution >= 4 is 22.7 Å². The first-order valence-corrected chi connectivity index (χ1v) is 8.99. The predicted molar refractivity (Wildman–Crippen MR) is 101 cm³/mol. The first-order valence-electron chi connectivity index (χ1n) is 8.99. The quantitative estimate of drug-likeness (QED) is 0.554. The van der Waals surface area contributed by atoms with Gasteiger partial charge in [-0.25, -0.2) is 4.39 Å². The summed E-state index contributed by atoms with van der Waals surface area (Å²) in [5.41, 5.74) is 6.84. The molecule has 0 saturated heterocycles. The summed E-state index contributed by atoms with van der Waals surface area (Å²) in [4.78, 5) is 15.1. The van der Waals surface area contributed by atoms with Crippen molar-refractivity contribution in [2.45, 2.75) is 51.4 Å². The fourth-order valence-electron chi connectivity index (χ4n) is 3.42. The summed E-state index contributed by atoms with van der Waals surface area (Å²) in [5.74, 6) is -0.0397. The molecule has 26 heavy (non-hydrogen) atoms. The molecule has 1 aliphatic rings. The van der Waals surface area contributed by atoms with Crippen molar-refractivity contribution in [3.05, 3.63) is 41.8 Å². The Morgan fingerprint density at radius 1 is 1.31 bits per heavy atom. The van der Waals surface area contributed by atoms with Gasteiger partial charge in [0.2, 0.25) is 0 Å². The maximum absolute atomic E-state index is 13.5. The minimum absolute atomic E-state index is 0.240.